The van der Waals surface area contributed by atoms with Crippen molar-refractivity contribution in [1.82, 2.24) is 20.4 Å². The lowest BCUT2D eigenvalue weighted by molar-refractivity contribution is -0.130. The van der Waals surface area contributed by atoms with E-state index in [1.54, 1.807) is 0 Å². The second-order valence-corrected chi connectivity index (χ2v) is 7.63. The average Bonchev–Trinajstić information content (AvgIpc) is 3.39. The van der Waals surface area contributed by atoms with Gasteiger partial charge in [-0.15, -0.1) is 0 Å². The van der Waals surface area contributed by atoms with Crippen LogP contribution >= 0.6 is 0 Å². The Balaban J connectivity index is 1.50. The Morgan fingerprint density at radius 1 is 0.875 bits per heavy atom. The number of urea groups is 1. The number of hydrogen-bond acceptors (Lipinski definition) is 5. The third-order valence-corrected chi connectivity index (χ3v) is 5.67. The van der Waals surface area contributed by atoms with Gasteiger partial charge >= 0.3 is 6.03 Å². The summed E-state index contributed by atoms with van der Waals surface area (Å²) in [6.07, 6.45) is 0. The summed E-state index contributed by atoms with van der Waals surface area (Å²) in [5.74, 6) is 0.210. The van der Waals surface area contributed by atoms with Crippen LogP contribution in [0, 0.1) is 6.92 Å². The van der Waals surface area contributed by atoms with Gasteiger partial charge in [0, 0.05) is 5.56 Å². The first-order valence-corrected chi connectivity index (χ1v) is 10.2. The number of carbonyl (C=O) groups is 2. The van der Waals surface area contributed by atoms with Crippen molar-refractivity contribution in [2.45, 2.75) is 19.0 Å². The molecular weight excluding hydrogens is 404 g/mol. The first-order chi connectivity index (χ1) is 15.6. The maximum absolute atomic E-state index is 13.7. The van der Waals surface area contributed by atoms with Crippen molar-refractivity contribution in [1.29, 1.82) is 0 Å². The molecule has 5 rings (SSSR count). The molecule has 0 unspecified atom stereocenters. The number of imide groups is 1. The molecule has 0 atom stereocenters. The molecule has 0 bridgehead atoms. The zero-order valence-corrected chi connectivity index (χ0v) is 17.4. The Morgan fingerprint density at radius 2 is 1.47 bits per heavy atom. The number of aromatic nitrogens is 2. The summed E-state index contributed by atoms with van der Waals surface area (Å²) in [6.45, 7) is 1.84. The molecule has 1 saturated heterocycles. The normalized spacial score (nSPS) is 15.1. The van der Waals surface area contributed by atoms with Gasteiger partial charge in [-0.1, -0.05) is 90.1 Å². The minimum atomic E-state index is -1.32. The molecule has 1 fully saturated rings. The van der Waals surface area contributed by atoms with Gasteiger partial charge in [-0.3, -0.25) is 9.69 Å². The standard InChI is InChI=1S/C25H20N4O3/c1-17-10-8-9-15-20(17)22-26-21(32-28-22)16-29-23(30)25(27-24(29)31,18-11-4-2-5-12-18)19-13-6-3-7-14-19/h2-15H,16H2,1H3,(H,27,31). The summed E-state index contributed by atoms with van der Waals surface area (Å²) < 4.78 is 5.38. The number of carbonyl (C=O) groups excluding carboxylic acids is 2. The summed E-state index contributed by atoms with van der Waals surface area (Å²) in [5.41, 5.74) is 1.87. The van der Waals surface area contributed by atoms with Crippen molar-refractivity contribution in [3.63, 3.8) is 0 Å². The summed E-state index contributed by atoms with van der Waals surface area (Å²) in [4.78, 5) is 32.2. The minimum Gasteiger partial charge on any atom is -0.337 e. The number of nitrogens with zero attached hydrogens (tertiary/aromatic N) is 3. The van der Waals surface area contributed by atoms with E-state index in [0.29, 0.717) is 17.0 Å². The van der Waals surface area contributed by atoms with Crippen LogP contribution in [0.1, 0.15) is 22.6 Å². The van der Waals surface area contributed by atoms with Crippen molar-refractivity contribution in [3.8, 4) is 11.4 Å². The van der Waals surface area contributed by atoms with E-state index in [2.05, 4.69) is 15.5 Å². The summed E-state index contributed by atoms with van der Waals surface area (Å²) in [6, 6.07) is 25.6. The zero-order valence-electron chi connectivity index (χ0n) is 17.4. The van der Waals surface area contributed by atoms with Crippen LogP contribution in [0.25, 0.3) is 11.4 Å². The van der Waals surface area contributed by atoms with Gasteiger partial charge in [0.15, 0.2) is 5.54 Å². The molecule has 158 valence electrons. The van der Waals surface area contributed by atoms with Crippen molar-refractivity contribution in [3.05, 3.63) is 108 Å². The minimum absolute atomic E-state index is 0.120. The van der Waals surface area contributed by atoms with E-state index in [9.17, 15) is 9.59 Å². The number of rotatable bonds is 5. The van der Waals surface area contributed by atoms with Crippen LogP contribution in [0.2, 0.25) is 0 Å². The second-order valence-electron chi connectivity index (χ2n) is 7.63. The predicted molar refractivity (Wildman–Crippen MR) is 117 cm³/mol. The van der Waals surface area contributed by atoms with Gasteiger partial charge in [0.05, 0.1) is 0 Å². The predicted octanol–water partition coefficient (Wildman–Crippen LogP) is 4.04. The van der Waals surface area contributed by atoms with Gasteiger partial charge in [0.25, 0.3) is 5.91 Å². The van der Waals surface area contributed by atoms with Crippen LogP contribution in [0.3, 0.4) is 0 Å². The third-order valence-electron chi connectivity index (χ3n) is 5.67. The number of benzene rings is 3. The lowest BCUT2D eigenvalue weighted by atomic mass is 9.82. The van der Waals surface area contributed by atoms with E-state index in [0.717, 1.165) is 16.0 Å². The highest BCUT2D eigenvalue weighted by Gasteiger charge is 2.54. The fourth-order valence-corrected chi connectivity index (χ4v) is 4.04. The highest BCUT2D eigenvalue weighted by Crippen LogP contribution is 2.36. The molecule has 1 aromatic heterocycles. The van der Waals surface area contributed by atoms with Gasteiger partial charge < -0.3 is 9.84 Å². The van der Waals surface area contributed by atoms with Gasteiger partial charge in [-0.05, 0) is 23.6 Å². The van der Waals surface area contributed by atoms with Crippen LogP contribution in [0.4, 0.5) is 4.79 Å². The van der Waals surface area contributed by atoms with Crippen molar-refractivity contribution in [2.24, 2.45) is 0 Å². The topological polar surface area (TPSA) is 88.3 Å². The molecule has 1 aliphatic rings. The van der Waals surface area contributed by atoms with Gasteiger partial charge in [0.2, 0.25) is 11.7 Å². The largest absolute Gasteiger partial charge is 0.337 e. The molecule has 7 nitrogen and oxygen atoms in total. The monoisotopic (exact) mass is 424 g/mol. The van der Waals surface area contributed by atoms with Crippen LogP contribution < -0.4 is 5.32 Å². The molecule has 0 spiro atoms. The van der Waals surface area contributed by atoms with E-state index in [4.69, 9.17) is 4.52 Å². The Morgan fingerprint density at radius 3 is 2.09 bits per heavy atom. The van der Waals surface area contributed by atoms with Crippen LogP contribution in [-0.4, -0.2) is 27.0 Å². The molecule has 0 radical (unpaired) electrons. The first kappa shape index (κ1) is 19.7. The van der Waals surface area contributed by atoms with Gasteiger partial charge in [-0.25, -0.2) is 4.79 Å². The molecular formula is C25H20N4O3. The second kappa shape index (κ2) is 7.77. The molecule has 2 heterocycles. The molecule has 0 saturated carbocycles. The molecule has 4 aromatic rings. The quantitative estimate of drug-likeness (QED) is 0.489. The van der Waals surface area contributed by atoms with E-state index in [-0.39, 0.29) is 12.4 Å². The zero-order chi connectivity index (χ0) is 22.1. The van der Waals surface area contributed by atoms with E-state index >= 15 is 0 Å². The first-order valence-electron chi connectivity index (χ1n) is 10.2. The Hall–Kier alpha value is -4.26. The molecule has 0 aliphatic carbocycles. The Kier molecular flexibility index (Phi) is 4.78. The fraction of sp³-hybridized carbons (Fsp3) is 0.120. The lowest BCUT2D eigenvalue weighted by Gasteiger charge is -2.27. The van der Waals surface area contributed by atoms with Crippen molar-refractivity contribution in [2.75, 3.05) is 0 Å². The van der Waals surface area contributed by atoms with Crippen molar-refractivity contribution < 1.29 is 14.1 Å². The van der Waals surface area contributed by atoms with Crippen molar-refractivity contribution >= 4 is 11.9 Å². The maximum Gasteiger partial charge on any atom is 0.326 e. The molecule has 1 aliphatic heterocycles. The molecule has 3 aromatic carbocycles. The smallest absolute Gasteiger partial charge is 0.326 e. The molecule has 1 N–H and O–H groups in total. The molecule has 7 heteroatoms. The highest BCUT2D eigenvalue weighted by molar-refractivity contribution is 6.09. The number of hydrogen-bond donors (Lipinski definition) is 1. The Bertz CT molecular complexity index is 1250. The number of nitrogens with one attached hydrogen (secondary N) is 1. The van der Waals surface area contributed by atoms with E-state index in [1.807, 2.05) is 91.9 Å². The van der Waals surface area contributed by atoms with Crippen LogP contribution in [0.5, 0.6) is 0 Å². The summed E-state index contributed by atoms with van der Waals surface area (Å²) >= 11 is 0. The Labute approximate surface area is 184 Å². The summed E-state index contributed by atoms with van der Waals surface area (Å²) in [7, 11) is 0. The van der Waals surface area contributed by atoms with E-state index < -0.39 is 17.5 Å². The lowest BCUT2D eigenvalue weighted by Crippen LogP contribution is -2.45. The molecule has 32 heavy (non-hydrogen) atoms. The highest BCUT2D eigenvalue weighted by atomic mass is 16.5. The third kappa shape index (κ3) is 3.15. The van der Waals surface area contributed by atoms with Crippen LogP contribution in [0.15, 0.2) is 89.5 Å². The average molecular weight is 424 g/mol. The van der Waals surface area contributed by atoms with Gasteiger partial charge in [-0.2, -0.15) is 4.98 Å². The van der Waals surface area contributed by atoms with Crippen LogP contribution in [-0.2, 0) is 16.9 Å². The number of amides is 3. The SMILES string of the molecule is Cc1ccccc1-c1noc(CN2C(=O)NC(c3ccccc3)(c3ccccc3)C2=O)n1. The maximum atomic E-state index is 13.7. The van der Waals surface area contributed by atoms with Gasteiger partial charge in [0.1, 0.15) is 6.54 Å². The molecule has 3 amide bonds. The number of aryl methyl sites for hydroxylation is 1. The summed E-state index contributed by atoms with van der Waals surface area (Å²) in [5, 5.41) is 6.95. The fourth-order valence-electron chi connectivity index (χ4n) is 4.04. The van der Waals surface area contributed by atoms with E-state index in [1.165, 1.54) is 0 Å².